The normalized spacial score (nSPS) is 14.7. The number of benzene rings is 1. The van der Waals surface area contributed by atoms with Gasteiger partial charge in [-0.15, -0.1) is 0 Å². The molecule has 1 rings (SSSR count). The Labute approximate surface area is 138 Å². The number of methoxy groups -OCH3 is 1. The molecule has 6 nitrogen and oxygen atoms in total. The van der Waals surface area contributed by atoms with Gasteiger partial charge in [-0.25, -0.2) is 0 Å². The van der Waals surface area contributed by atoms with E-state index in [4.69, 9.17) is 33.0 Å². The molecule has 0 aliphatic heterocycles. The molecule has 11 heteroatoms. The molecule has 1 atom stereocenters. The first-order chi connectivity index (χ1) is 10.5. The fraction of sp³-hybridized carbons (Fsp3) is 0.417. The molecular weight excluding hydrogens is 364 g/mol. The number of hydrogen-bond donors (Lipinski definition) is 2. The zero-order chi connectivity index (χ0) is 17.8. The van der Waals surface area contributed by atoms with Crippen molar-refractivity contribution in [1.82, 2.24) is 0 Å². The molecule has 0 bridgehead atoms. The van der Waals surface area contributed by atoms with E-state index in [0.29, 0.717) is 0 Å². The maximum atomic E-state index is 12.8. The minimum atomic E-state index is -5.19. The monoisotopic (exact) mass is 374 g/mol. The topological polar surface area (TPSA) is 91.5 Å². The number of carboxylic acid groups (broad SMARTS) is 1. The molecule has 0 saturated carbocycles. The van der Waals surface area contributed by atoms with Crippen molar-refractivity contribution in [3.05, 3.63) is 22.2 Å². The van der Waals surface area contributed by atoms with Gasteiger partial charge >= 0.3 is 12.1 Å². The highest BCUT2D eigenvalue weighted by Crippen LogP contribution is 2.37. The summed E-state index contributed by atoms with van der Waals surface area (Å²) in [5, 5.41) is 24.8. The highest BCUT2D eigenvalue weighted by atomic mass is 35.5. The van der Waals surface area contributed by atoms with Crippen LogP contribution < -0.4 is 4.74 Å². The number of azo groups is 1. The van der Waals surface area contributed by atoms with Gasteiger partial charge in [-0.05, 0) is 6.07 Å². The lowest BCUT2D eigenvalue weighted by Gasteiger charge is -2.26. The van der Waals surface area contributed by atoms with E-state index in [0.717, 1.165) is 0 Å². The first kappa shape index (κ1) is 19.5. The second-order valence-electron chi connectivity index (χ2n) is 4.44. The first-order valence-electron chi connectivity index (χ1n) is 5.91. The van der Waals surface area contributed by atoms with Crippen molar-refractivity contribution < 1.29 is 32.9 Å². The van der Waals surface area contributed by atoms with Crippen LogP contribution >= 0.6 is 23.2 Å². The van der Waals surface area contributed by atoms with Gasteiger partial charge < -0.3 is 14.9 Å². The molecule has 0 aliphatic rings. The molecule has 0 fully saturated rings. The third-order valence-electron chi connectivity index (χ3n) is 2.70. The molecule has 1 unspecified atom stereocenters. The maximum Gasteiger partial charge on any atom is 0.419 e. The number of carboxylic acids is 1. The van der Waals surface area contributed by atoms with Crippen molar-refractivity contribution >= 4 is 34.9 Å². The summed E-state index contributed by atoms with van der Waals surface area (Å²) in [6.07, 6.45) is -6.75. The van der Waals surface area contributed by atoms with Gasteiger partial charge in [-0.1, -0.05) is 23.2 Å². The minimum Gasteiger partial charge on any atom is -0.495 e. The molecule has 1 aromatic carbocycles. The van der Waals surface area contributed by atoms with Crippen LogP contribution in [0.1, 0.15) is 6.42 Å². The van der Waals surface area contributed by atoms with E-state index < -0.39 is 30.7 Å². The summed E-state index contributed by atoms with van der Waals surface area (Å²) in [6.45, 7) is -1.30. The predicted molar refractivity (Wildman–Crippen MR) is 75.7 cm³/mol. The van der Waals surface area contributed by atoms with Crippen molar-refractivity contribution in [3.8, 4) is 5.75 Å². The van der Waals surface area contributed by atoms with Gasteiger partial charge in [0, 0.05) is 6.07 Å². The van der Waals surface area contributed by atoms with Crippen LogP contribution in [0, 0.1) is 0 Å². The molecule has 0 spiro atoms. The van der Waals surface area contributed by atoms with Crippen LogP contribution in [0.5, 0.6) is 5.75 Å². The van der Waals surface area contributed by atoms with Crippen molar-refractivity contribution in [2.75, 3.05) is 13.7 Å². The standard InChI is InChI=1S/C12H11Cl2F3N2O4/c1-23-9-3-8(6(13)2-7(9)14)19-18-5-11(22,4-10(20)21)12(15,16)17/h2-3,22H,4-5H2,1H3,(H,20,21). The lowest BCUT2D eigenvalue weighted by atomic mass is 9.99. The molecule has 23 heavy (non-hydrogen) atoms. The maximum absolute atomic E-state index is 12.8. The van der Waals surface area contributed by atoms with Crippen LogP contribution in [0.25, 0.3) is 0 Å². The Kier molecular flexibility index (Phi) is 6.20. The van der Waals surface area contributed by atoms with E-state index in [1.165, 1.54) is 19.2 Å². The lowest BCUT2D eigenvalue weighted by molar-refractivity contribution is -0.258. The number of nitrogens with zero attached hydrogens (tertiary/aromatic N) is 2. The lowest BCUT2D eigenvalue weighted by Crippen LogP contribution is -2.49. The summed E-state index contributed by atoms with van der Waals surface area (Å²) in [6, 6.07) is 2.49. The first-order valence-corrected chi connectivity index (χ1v) is 6.67. The molecule has 0 aromatic heterocycles. The third kappa shape index (κ3) is 4.95. The van der Waals surface area contributed by atoms with Gasteiger partial charge in [-0.3, -0.25) is 4.79 Å². The van der Waals surface area contributed by atoms with E-state index >= 15 is 0 Å². The molecule has 0 heterocycles. The van der Waals surface area contributed by atoms with Gasteiger partial charge in [0.05, 0.1) is 30.1 Å². The van der Waals surface area contributed by atoms with Gasteiger partial charge in [0.25, 0.3) is 0 Å². The summed E-state index contributed by atoms with van der Waals surface area (Å²) in [7, 11) is 1.31. The summed E-state index contributed by atoms with van der Waals surface area (Å²) >= 11 is 11.6. The Hall–Kier alpha value is -1.58. The van der Waals surface area contributed by atoms with Gasteiger partial charge in [0.15, 0.2) is 5.60 Å². The van der Waals surface area contributed by atoms with Crippen molar-refractivity contribution in [2.45, 2.75) is 18.2 Å². The molecule has 0 radical (unpaired) electrons. The summed E-state index contributed by atoms with van der Waals surface area (Å²) in [5.41, 5.74) is -3.58. The van der Waals surface area contributed by atoms with Crippen molar-refractivity contribution in [1.29, 1.82) is 0 Å². The zero-order valence-corrected chi connectivity index (χ0v) is 13.1. The molecular formula is C12H11Cl2F3N2O4. The molecule has 0 amide bonds. The predicted octanol–water partition coefficient (Wildman–Crippen LogP) is 3.85. The molecule has 1 aromatic rings. The van der Waals surface area contributed by atoms with Crippen LogP contribution in [-0.4, -0.2) is 41.6 Å². The quantitative estimate of drug-likeness (QED) is 0.739. The molecule has 0 saturated heterocycles. The average molecular weight is 375 g/mol. The SMILES string of the molecule is COc1cc(N=NCC(O)(CC(=O)O)C(F)(F)F)c(Cl)cc1Cl. The Bertz CT molecular complexity index is 625. The average Bonchev–Trinajstić information content (AvgIpc) is 2.39. The minimum absolute atomic E-state index is 0.00617. The summed E-state index contributed by atoms with van der Waals surface area (Å²) in [5.74, 6) is -1.66. The van der Waals surface area contributed by atoms with Crippen LogP contribution in [0.15, 0.2) is 22.4 Å². The van der Waals surface area contributed by atoms with E-state index in [1.807, 2.05) is 0 Å². The summed E-state index contributed by atoms with van der Waals surface area (Å²) in [4.78, 5) is 10.5. The summed E-state index contributed by atoms with van der Waals surface area (Å²) < 4.78 is 43.2. The number of aliphatic hydroxyl groups is 1. The number of halogens is 5. The highest BCUT2D eigenvalue weighted by Gasteiger charge is 2.55. The Morgan fingerprint density at radius 2 is 1.91 bits per heavy atom. The fourth-order valence-electron chi connectivity index (χ4n) is 1.48. The van der Waals surface area contributed by atoms with Crippen LogP contribution in [0.4, 0.5) is 18.9 Å². The van der Waals surface area contributed by atoms with Gasteiger partial charge in [0.2, 0.25) is 0 Å². The van der Waals surface area contributed by atoms with Crippen molar-refractivity contribution in [2.24, 2.45) is 10.2 Å². The Balaban J connectivity index is 3.02. The number of alkyl halides is 3. The smallest absolute Gasteiger partial charge is 0.419 e. The molecule has 2 N–H and O–H groups in total. The van der Waals surface area contributed by atoms with E-state index in [9.17, 15) is 23.1 Å². The molecule has 0 aliphatic carbocycles. The van der Waals surface area contributed by atoms with Crippen LogP contribution in [0.2, 0.25) is 10.0 Å². The van der Waals surface area contributed by atoms with Crippen molar-refractivity contribution in [3.63, 3.8) is 0 Å². The fourth-order valence-corrected chi connectivity index (χ4v) is 1.97. The number of carbonyl (C=O) groups is 1. The van der Waals surface area contributed by atoms with E-state index in [1.54, 1.807) is 0 Å². The van der Waals surface area contributed by atoms with Crippen LogP contribution in [-0.2, 0) is 4.79 Å². The Morgan fingerprint density at radius 3 is 2.39 bits per heavy atom. The third-order valence-corrected chi connectivity index (χ3v) is 3.30. The molecule has 128 valence electrons. The van der Waals surface area contributed by atoms with Gasteiger partial charge in [0.1, 0.15) is 11.4 Å². The Morgan fingerprint density at radius 1 is 1.30 bits per heavy atom. The second kappa shape index (κ2) is 7.33. The number of ether oxygens (including phenoxy) is 1. The van der Waals surface area contributed by atoms with E-state index in [-0.39, 0.29) is 21.5 Å². The largest absolute Gasteiger partial charge is 0.495 e. The number of hydrogen-bond acceptors (Lipinski definition) is 5. The zero-order valence-electron chi connectivity index (χ0n) is 11.6. The van der Waals surface area contributed by atoms with Gasteiger partial charge in [-0.2, -0.15) is 23.4 Å². The number of aliphatic carboxylic acids is 1. The van der Waals surface area contributed by atoms with Crippen LogP contribution in [0.3, 0.4) is 0 Å². The van der Waals surface area contributed by atoms with E-state index in [2.05, 4.69) is 10.2 Å². The highest BCUT2D eigenvalue weighted by molar-refractivity contribution is 6.37. The second-order valence-corrected chi connectivity index (χ2v) is 5.25. The number of rotatable bonds is 6.